The highest BCUT2D eigenvalue weighted by Crippen LogP contribution is 2.23. The first-order valence-corrected chi connectivity index (χ1v) is 6.84. The molecule has 0 unspecified atom stereocenters. The Morgan fingerprint density at radius 3 is 2.55 bits per heavy atom. The topological polar surface area (TPSA) is 78.8 Å². The number of para-hydroxylation sites is 1. The lowest BCUT2D eigenvalue weighted by Crippen LogP contribution is -2.54. The Hall–Kier alpha value is -1.30. The van der Waals surface area contributed by atoms with Gasteiger partial charge in [0.1, 0.15) is 5.75 Å². The Balaban J connectivity index is 2.42. The van der Waals surface area contributed by atoms with Gasteiger partial charge in [0.2, 0.25) is 5.91 Å². The molecule has 0 bridgehead atoms. The van der Waals surface area contributed by atoms with Gasteiger partial charge < -0.3 is 20.3 Å². The first kappa shape index (κ1) is 16.8. The molecule has 0 spiro atoms. The summed E-state index contributed by atoms with van der Waals surface area (Å²) in [4.78, 5) is 11.8. The molecule has 20 heavy (non-hydrogen) atoms. The largest absolute Gasteiger partial charge is 0.491 e. The summed E-state index contributed by atoms with van der Waals surface area (Å²) in [7, 11) is 0. The van der Waals surface area contributed by atoms with Gasteiger partial charge in [0, 0.05) is 0 Å². The van der Waals surface area contributed by atoms with E-state index in [4.69, 9.17) is 16.3 Å². The molecule has 0 fully saturated rings. The Kier molecular flexibility index (Phi) is 6.78. The van der Waals surface area contributed by atoms with Crippen LogP contribution in [0.4, 0.5) is 0 Å². The highest BCUT2D eigenvalue weighted by molar-refractivity contribution is 6.32. The van der Waals surface area contributed by atoms with E-state index in [-0.39, 0.29) is 32.1 Å². The minimum atomic E-state index is -0.971. The summed E-state index contributed by atoms with van der Waals surface area (Å²) in [6.07, 6.45) is 0.560. The smallest absolute Gasteiger partial charge is 0.224 e. The molecule has 0 aliphatic carbocycles. The second-order valence-corrected chi connectivity index (χ2v) is 4.93. The molecule has 1 aromatic carbocycles. The summed E-state index contributed by atoms with van der Waals surface area (Å²) in [6.45, 7) is 1.34. The first-order valence-electron chi connectivity index (χ1n) is 6.47. The van der Waals surface area contributed by atoms with Crippen molar-refractivity contribution >= 4 is 17.5 Å². The predicted octanol–water partition coefficient (Wildman–Crippen LogP) is 1.36. The number of benzene rings is 1. The zero-order chi connectivity index (χ0) is 15.0. The van der Waals surface area contributed by atoms with Crippen molar-refractivity contribution in [3.8, 4) is 5.75 Å². The summed E-state index contributed by atoms with van der Waals surface area (Å²) >= 11 is 5.92. The summed E-state index contributed by atoms with van der Waals surface area (Å²) < 4.78 is 5.41. The van der Waals surface area contributed by atoms with E-state index in [1.807, 2.05) is 0 Å². The highest BCUT2D eigenvalue weighted by Gasteiger charge is 2.28. The molecule has 3 N–H and O–H groups in total. The van der Waals surface area contributed by atoms with Gasteiger partial charge >= 0.3 is 0 Å². The van der Waals surface area contributed by atoms with Crippen molar-refractivity contribution in [1.82, 2.24) is 5.32 Å². The Morgan fingerprint density at radius 2 is 2.00 bits per heavy atom. The molecule has 0 radical (unpaired) electrons. The molecule has 1 aromatic rings. The van der Waals surface area contributed by atoms with E-state index in [1.165, 1.54) is 0 Å². The number of aliphatic hydroxyl groups is 2. The monoisotopic (exact) mass is 301 g/mol. The third-order valence-electron chi connectivity index (χ3n) is 3.11. The van der Waals surface area contributed by atoms with E-state index >= 15 is 0 Å². The number of halogens is 1. The number of amides is 1. The summed E-state index contributed by atoms with van der Waals surface area (Å²) in [5.41, 5.74) is -0.971. The number of carbonyl (C=O) groups excluding carboxylic acids is 1. The average Bonchev–Trinajstić information content (AvgIpc) is 2.47. The van der Waals surface area contributed by atoms with Crippen molar-refractivity contribution in [2.75, 3.05) is 19.8 Å². The number of carbonyl (C=O) groups is 1. The fourth-order valence-corrected chi connectivity index (χ4v) is 1.81. The van der Waals surface area contributed by atoms with Crippen LogP contribution in [0.25, 0.3) is 0 Å². The maximum atomic E-state index is 11.8. The Labute approximate surface area is 123 Å². The van der Waals surface area contributed by atoms with Crippen LogP contribution < -0.4 is 10.1 Å². The second-order valence-electron chi connectivity index (χ2n) is 4.53. The average molecular weight is 302 g/mol. The number of hydrogen-bond acceptors (Lipinski definition) is 4. The summed E-state index contributed by atoms with van der Waals surface area (Å²) in [5, 5.41) is 21.6. The fraction of sp³-hybridized carbons (Fsp3) is 0.500. The standard InChI is InChI=1S/C14H20ClNO4/c1-2-14(9-17,10-18)16-13(19)7-8-20-12-6-4-3-5-11(12)15/h3-6,17-18H,2,7-10H2,1H3,(H,16,19). The van der Waals surface area contributed by atoms with E-state index in [9.17, 15) is 15.0 Å². The molecule has 0 aromatic heterocycles. The molecule has 0 aliphatic rings. The first-order chi connectivity index (χ1) is 9.56. The van der Waals surface area contributed by atoms with Gasteiger partial charge in [-0.1, -0.05) is 30.7 Å². The molecular weight excluding hydrogens is 282 g/mol. The molecule has 112 valence electrons. The Morgan fingerprint density at radius 1 is 1.35 bits per heavy atom. The zero-order valence-corrected chi connectivity index (χ0v) is 12.2. The van der Waals surface area contributed by atoms with Crippen LogP contribution in [-0.2, 0) is 4.79 Å². The zero-order valence-electron chi connectivity index (χ0n) is 11.4. The number of aliphatic hydroxyl groups excluding tert-OH is 2. The van der Waals surface area contributed by atoms with E-state index in [2.05, 4.69) is 5.32 Å². The van der Waals surface area contributed by atoms with E-state index in [1.54, 1.807) is 31.2 Å². The number of nitrogens with one attached hydrogen (secondary N) is 1. The maximum absolute atomic E-state index is 11.8. The maximum Gasteiger partial charge on any atom is 0.224 e. The van der Waals surface area contributed by atoms with Crippen molar-refractivity contribution in [1.29, 1.82) is 0 Å². The van der Waals surface area contributed by atoms with E-state index in [0.29, 0.717) is 17.2 Å². The third kappa shape index (κ3) is 4.67. The van der Waals surface area contributed by atoms with Crippen molar-refractivity contribution in [2.24, 2.45) is 0 Å². The lowest BCUT2D eigenvalue weighted by Gasteiger charge is -2.29. The van der Waals surface area contributed by atoms with Crippen LogP contribution in [0.2, 0.25) is 5.02 Å². The molecule has 1 amide bonds. The van der Waals surface area contributed by atoms with Gasteiger partial charge in [-0.05, 0) is 18.6 Å². The molecular formula is C14H20ClNO4. The minimum absolute atomic E-state index is 0.118. The molecule has 6 heteroatoms. The van der Waals surface area contributed by atoms with Gasteiger partial charge in [0.25, 0.3) is 0 Å². The lowest BCUT2D eigenvalue weighted by molar-refractivity contribution is -0.125. The normalized spacial score (nSPS) is 11.2. The SMILES string of the molecule is CCC(CO)(CO)NC(=O)CCOc1ccccc1Cl. The van der Waals surface area contributed by atoms with Crippen LogP contribution in [0, 0.1) is 0 Å². The minimum Gasteiger partial charge on any atom is -0.491 e. The quantitative estimate of drug-likeness (QED) is 0.677. The number of hydrogen-bond donors (Lipinski definition) is 3. The van der Waals surface area contributed by atoms with Crippen molar-refractivity contribution in [3.63, 3.8) is 0 Å². The summed E-state index contributed by atoms with van der Waals surface area (Å²) in [6, 6.07) is 7.01. The van der Waals surface area contributed by atoms with E-state index < -0.39 is 5.54 Å². The van der Waals surface area contributed by atoms with Crippen LogP contribution in [0.15, 0.2) is 24.3 Å². The Bertz CT molecular complexity index is 427. The van der Waals surface area contributed by atoms with Crippen LogP contribution in [0.5, 0.6) is 5.75 Å². The van der Waals surface area contributed by atoms with Gasteiger partial charge in [-0.2, -0.15) is 0 Å². The lowest BCUT2D eigenvalue weighted by atomic mass is 9.98. The van der Waals surface area contributed by atoms with Gasteiger partial charge in [-0.15, -0.1) is 0 Å². The van der Waals surface area contributed by atoms with Gasteiger partial charge in [-0.3, -0.25) is 4.79 Å². The molecule has 1 rings (SSSR count). The van der Waals surface area contributed by atoms with Crippen molar-refractivity contribution in [2.45, 2.75) is 25.3 Å². The molecule has 0 saturated carbocycles. The van der Waals surface area contributed by atoms with Crippen molar-refractivity contribution < 1.29 is 19.7 Å². The molecule has 0 atom stereocenters. The van der Waals surface area contributed by atoms with Crippen molar-refractivity contribution in [3.05, 3.63) is 29.3 Å². The summed E-state index contributed by atoms with van der Waals surface area (Å²) in [5.74, 6) is 0.232. The second kappa shape index (κ2) is 8.09. The highest BCUT2D eigenvalue weighted by atomic mass is 35.5. The van der Waals surface area contributed by atoms with E-state index in [0.717, 1.165) is 0 Å². The molecule has 0 aliphatic heterocycles. The fourth-order valence-electron chi connectivity index (χ4n) is 1.61. The van der Waals surface area contributed by atoms with Crippen LogP contribution in [0.3, 0.4) is 0 Å². The predicted molar refractivity (Wildman–Crippen MR) is 76.9 cm³/mol. The van der Waals surface area contributed by atoms with Gasteiger partial charge in [0.05, 0.1) is 36.8 Å². The van der Waals surface area contributed by atoms with Gasteiger partial charge in [-0.25, -0.2) is 0 Å². The van der Waals surface area contributed by atoms with Crippen LogP contribution in [-0.4, -0.2) is 41.5 Å². The number of rotatable bonds is 8. The molecule has 0 saturated heterocycles. The van der Waals surface area contributed by atoms with Crippen LogP contribution in [0.1, 0.15) is 19.8 Å². The van der Waals surface area contributed by atoms with Gasteiger partial charge in [0.15, 0.2) is 0 Å². The third-order valence-corrected chi connectivity index (χ3v) is 3.42. The molecule has 5 nitrogen and oxygen atoms in total. The van der Waals surface area contributed by atoms with Crippen LogP contribution >= 0.6 is 11.6 Å². The number of ether oxygens (including phenoxy) is 1. The molecule has 0 heterocycles.